The molecule has 124 valence electrons. The lowest BCUT2D eigenvalue weighted by molar-refractivity contribution is 0.412. The van der Waals surface area contributed by atoms with Crippen molar-refractivity contribution in [3.63, 3.8) is 0 Å². The van der Waals surface area contributed by atoms with Crippen molar-refractivity contribution < 1.29 is 9.84 Å². The Labute approximate surface area is 143 Å². The van der Waals surface area contributed by atoms with E-state index in [1.165, 1.54) is 11.2 Å². The Morgan fingerprint density at radius 2 is 2.08 bits per heavy atom. The molecule has 24 heavy (non-hydrogen) atoms. The first-order chi connectivity index (χ1) is 11.5. The van der Waals surface area contributed by atoms with E-state index < -0.39 is 0 Å². The summed E-state index contributed by atoms with van der Waals surface area (Å²) in [6.45, 7) is 5.92. The number of nitrogens with one attached hydrogen (secondary N) is 1. The first-order valence-electron chi connectivity index (χ1n) is 7.39. The highest BCUT2D eigenvalue weighted by Gasteiger charge is 2.12. The maximum Gasteiger partial charge on any atom is 0.158 e. The molecule has 0 spiro atoms. The van der Waals surface area contributed by atoms with Gasteiger partial charge in [0.1, 0.15) is 22.7 Å². The molecule has 0 atom stereocenters. The molecule has 6 nitrogen and oxygen atoms in total. The highest BCUT2D eigenvalue weighted by Crippen LogP contribution is 2.32. The zero-order valence-corrected chi connectivity index (χ0v) is 14.7. The molecule has 0 amide bonds. The summed E-state index contributed by atoms with van der Waals surface area (Å²) in [4.78, 5) is 10.7. The van der Waals surface area contributed by atoms with E-state index in [1.54, 1.807) is 36.6 Å². The molecule has 0 unspecified atom stereocenters. The number of thiophene rings is 1. The molecule has 0 aliphatic carbocycles. The Morgan fingerprint density at radius 1 is 1.29 bits per heavy atom. The van der Waals surface area contributed by atoms with Gasteiger partial charge in [0.15, 0.2) is 5.82 Å². The summed E-state index contributed by atoms with van der Waals surface area (Å²) in [7, 11) is 1.58. The molecule has 0 aliphatic rings. The number of nitrogens with zero attached hydrogens (tertiary/aromatic N) is 3. The molecule has 0 aliphatic heterocycles. The highest BCUT2D eigenvalue weighted by molar-refractivity contribution is 7.18. The molecular formula is C17H18N4O2S. The molecule has 0 bridgehead atoms. The van der Waals surface area contributed by atoms with Gasteiger partial charge in [-0.2, -0.15) is 5.10 Å². The quantitative estimate of drug-likeness (QED) is 0.556. The number of aromatic nitrogens is 2. The fourth-order valence-electron chi connectivity index (χ4n) is 2.40. The second kappa shape index (κ2) is 6.45. The number of hydrogen-bond donors (Lipinski definition) is 2. The lowest BCUT2D eigenvalue weighted by Gasteiger charge is -2.08. The molecule has 2 N–H and O–H groups in total. The average Bonchev–Trinajstić information content (AvgIpc) is 2.88. The summed E-state index contributed by atoms with van der Waals surface area (Å²) >= 11 is 1.63. The number of anilines is 1. The zero-order chi connectivity index (χ0) is 17.3. The zero-order valence-electron chi connectivity index (χ0n) is 13.9. The van der Waals surface area contributed by atoms with Crippen molar-refractivity contribution in [1.29, 1.82) is 0 Å². The van der Waals surface area contributed by atoms with E-state index >= 15 is 0 Å². The number of fused-ring (bicyclic) bond motifs is 1. The van der Waals surface area contributed by atoms with Crippen LogP contribution in [0.25, 0.3) is 10.2 Å². The van der Waals surface area contributed by atoms with Gasteiger partial charge >= 0.3 is 0 Å². The number of rotatable bonds is 4. The lowest BCUT2D eigenvalue weighted by atomic mass is 10.1. The number of phenols is 1. The van der Waals surface area contributed by atoms with E-state index in [4.69, 9.17) is 4.74 Å². The third-order valence-electron chi connectivity index (χ3n) is 3.89. The van der Waals surface area contributed by atoms with Gasteiger partial charge in [-0.25, -0.2) is 9.97 Å². The molecule has 0 fully saturated rings. The van der Waals surface area contributed by atoms with Crippen molar-refractivity contribution in [3.05, 3.63) is 40.5 Å². The fraction of sp³-hybridized carbons (Fsp3) is 0.235. The number of aromatic hydroxyl groups is 1. The minimum atomic E-state index is 0.147. The first kappa shape index (κ1) is 16.2. The number of hydrogen-bond acceptors (Lipinski definition) is 7. The van der Waals surface area contributed by atoms with E-state index in [2.05, 4.69) is 27.4 Å². The van der Waals surface area contributed by atoms with Crippen molar-refractivity contribution in [1.82, 2.24) is 9.97 Å². The highest BCUT2D eigenvalue weighted by atomic mass is 32.1. The Bertz CT molecular complexity index is 934. The molecular weight excluding hydrogens is 324 g/mol. The summed E-state index contributed by atoms with van der Waals surface area (Å²) in [5.41, 5.74) is 5.37. The van der Waals surface area contributed by atoms with Crippen LogP contribution in [0.15, 0.2) is 29.6 Å². The minimum Gasteiger partial charge on any atom is -0.507 e. The van der Waals surface area contributed by atoms with E-state index in [-0.39, 0.29) is 5.75 Å². The molecule has 3 aromatic rings. The molecule has 2 aromatic heterocycles. The molecule has 3 rings (SSSR count). The van der Waals surface area contributed by atoms with Crippen LogP contribution in [0.2, 0.25) is 0 Å². The lowest BCUT2D eigenvalue weighted by Crippen LogP contribution is -2.02. The van der Waals surface area contributed by atoms with Crippen LogP contribution >= 0.6 is 11.3 Å². The van der Waals surface area contributed by atoms with E-state index in [0.717, 1.165) is 15.8 Å². The molecule has 7 heteroatoms. The van der Waals surface area contributed by atoms with Crippen LogP contribution in [0.5, 0.6) is 11.5 Å². The monoisotopic (exact) mass is 342 g/mol. The number of methoxy groups -OCH3 is 1. The van der Waals surface area contributed by atoms with Crippen LogP contribution in [0.3, 0.4) is 0 Å². The molecule has 1 aromatic carbocycles. The van der Waals surface area contributed by atoms with Crippen LogP contribution in [-0.2, 0) is 0 Å². The van der Waals surface area contributed by atoms with Gasteiger partial charge in [-0.3, -0.25) is 5.43 Å². The second-order valence-electron chi connectivity index (χ2n) is 5.38. The maximum absolute atomic E-state index is 10.0. The van der Waals surface area contributed by atoms with E-state index in [9.17, 15) is 5.11 Å². The number of hydrazone groups is 1. The molecule has 0 radical (unpaired) electrons. The van der Waals surface area contributed by atoms with Gasteiger partial charge in [-0.1, -0.05) is 0 Å². The number of aryl methyl sites for hydroxylation is 2. The van der Waals surface area contributed by atoms with Crippen LogP contribution in [0.1, 0.15) is 22.9 Å². The maximum atomic E-state index is 10.0. The van der Waals surface area contributed by atoms with Crippen molar-refractivity contribution >= 4 is 33.1 Å². The van der Waals surface area contributed by atoms with Crippen molar-refractivity contribution in [2.24, 2.45) is 5.10 Å². The predicted octanol–water partition coefficient (Wildman–Crippen LogP) is 3.86. The summed E-state index contributed by atoms with van der Waals surface area (Å²) in [6, 6.07) is 5.03. The standard InChI is InChI=1S/C17H18N4O2S/c1-9-11(3)24-17-15(9)16(18-8-19-17)21-20-10(2)13-7-12(23-4)5-6-14(13)22/h5-8,22H,1-4H3,(H,18,19,21). The van der Waals surface area contributed by atoms with Gasteiger partial charge in [0, 0.05) is 10.4 Å². The van der Waals surface area contributed by atoms with Gasteiger partial charge in [0.25, 0.3) is 0 Å². The largest absolute Gasteiger partial charge is 0.507 e. The molecule has 0 saturated heterocycles. The molecule has 0 saturated carbocycles. The second-order valence-corrected chi connectivity index (χ2v) is 6.58. The summed E-state index contributed by atoms with van der Waals surface area (Å²) in [5, 5.41) is 15.4. The molecule has 2 heterocycles. The van der Waals surface area contributed by atoms with Crippen molar-refractivity contribution in [2.45, 2.75) is 20.8 Å². The third kappa shape index (κ3) is 2.90. The van der Waals surface area contributed by atoms with Crippen molar-refractivity contribution in [3.8, 4) is 11.5 Å². The summed E-state index contributed by atoms with van der Waals surface area (Å²) in [6.07, 6.45) is 1.52. The van der Waals surface area contributed by atoms with Gasteiger partial charge in [0.2, 0.25) is 0 Å². The number of ether oxygens (including phenoxy) is 1. The smallest absolute Gasteiger partial charge is 0.158 e. The average molecular weight is 342 g/mol. The number of phenolic OH excluding ortho intramolecular Hbond substituents is 1. The summed E-state index contributed by atoms with van der Waals surface area (Å²) in [5.74, 6) is 1.46. The first-order valence-corrected chi connectivity index (χ1v) is 8.21. The topological polar surface area (TPSA) is 79.6 Å². The Morgan fingerprint density at radius 3 is 2.83 bits per heavy atom. The van der Waals surface area contributed by atoms with Crippen LogP contribution in [-0.4, -0.2) is 27.9 Å². The minimum absolute atomic E-state index is 0.147. The van der Waals surface area contributed by atoms with Crippen molar-refractivity contribution in [2.75, 3.05) is 12.5 Å². The SMILES string of the molecule is COc1ccc(O)c(C(C)=NNc2ncnc3sc(C)c(C)c23)c1. The summed E-state index contributed by atoms with van der Waals surface area (Å²) < 4.78 is 5.19. The van der Waals surface area contributed by atoms with Crippen LogP contribution in [0, 0.1) is 13.8 Å². The third-order valence-corrected chi connectivity index (χ3v) is 5.00. The van der Waals surface area contributed by atoms with Gasteiger partial charge in [-0.05, 0) is 44.5 Å². The Hall–Kier alpha value is -2.67. The van der Waals surface area contributed by atoms with E-state index in [1.807, 2.05) is 13.8 Å². The predicted molar refractivity (Wildman–Crippen MR) is 97.4 cm³/mol. The fourth-order valence-corrected chi connectivity index (χ4v) is 3.39. The van der Waals surface area contributed by atoms with Gasteiger partial charge < -0.3 is 9.84 Å². The Kier molecular flexibility index (Phi) is 4.35. The normalized spacial score (nSPS) is 11.8. The van der Waals surface area contributed by atoms with E-state index in [0.29, 0.717) is 22.8 Å². The van der Waals surface area contributed by atoms with Gasteiger partial charge in [0.05, 0.1) is 18.2 Å². The Balaban J connectivity index is 1.96. The van der Waals surface area contributed by atoms with Gasteiger partial charge in [-0.15, -0.1) is 11.3 Å². The van der Waals surface area contributed by atoms with Crippen LogP contribution in [0.4, 0.5) is 5.82 Å². The van der Waals surface area contributed by atoms with Crippen LogP contribution < -0.4 is 10.2 Å². The number of benzene rings is 1.